The van der Waals surface area contributed by atoms with E-state index < -0.39 is 5.91 Å². The van der Waals surface area contributed by atoms with Crippen LogP contribution in [0.4, 0.5) is 5.69 Å². The lowest BCUT2D eigenvalue weighted by molar-refractivity contribution is -0.114. The van der Waals surface area contributed by atoms with Crippen molar-refractivity contribution in [3.8, 4) is 5.75 Å². The molecule has 0 aliphatic heterocycles. The van der Waals surface area contributed by atoms with Gasteiger partial charge in [0.15, 0.2) is 0 Å². The summed E-state index contributed by atoms with van der Waals surface area (Å²) in [6, 6.07) is 13.2. The third-order valence-electron chi connectivity index (χ3n) is 3.03. The zero-order valence-electron chi connectivity index (χ0n) is 12.6. The molecule has 0 atom stereocenters. The second kappa shape index (κ2) is 7.13. The van der Waals surface area contributed by atoms with E-state index in [4.69, 9.17) is 0 Å². The fraction of sp³-hybridized carbons (Fsp3) is 0.0588. The molecule has 6 heteroatoms. The van der Waals surface area contributed by atoms with Crippen LogP contribution < -0.4 is 16.2 Å². The molecule has 0 aliphatic rings. The molecule has 0 radical (unpaired) electrons. The Morgan fingerprint density at radius 2 is 1.65 bits per heavy atom. The van der Waals surface area contributed by atoms with E-state index in [0.717, 1.165) is 5.56 Å². The second-order valence-corrected chi connectivity index (χ2v) is 4.83. The first-order valence-electron chi connectivity index (χ1n) is 6.88. The molecule has 0 aromatic heterocycles. The number of phenols is 1. The van der Waals surface area contributed by atoms with Gasteiger partial charge in [0.25, 0.3) is 5.91 Å². The van der Waals surface area contributed by atoms with E-state index in [1.165, 1.54) is 19.1 Å². The molecular formula is C17H17N3O3. The first-order valence-corrected chi connectivity index (χ1v) is 6.88. The summed E-state index contributed by atoms with van der Waals surface area (Å²) in [4.78, 5) is 22.9. The van der Waals surface area contributed by atoms with E-state index in [1.807, 2.05) is 0 Å². The Bertz CT molecular complexity index is 739. The maximum absolute atomic E-state index is 12.0. The van der Waals surface area contributed by atoms with Crippen LogP contribution in [0, 0.1) is 0 Å². The number of carbonyl (C=O) groups is 2. The lowest BCUT2D eigenvalue weighted by atomic mass is 10.1. The minimum atomic E-state index is -0.473. The SMILES string of the molecule is C=C(NNC(=O)c1ccccc1O)c1ccc(NC(C)=O)cc1. The number of rotatable bonds is 5. The van der Waals surface area contributed by atoms with Crippen LogP contribution in [0.3, 0.4) is 0 Å². The van der Waals surface area contributed by atoms with Gasteiger partial charge in [0.1, 0.15) is 5.75 Å². The van der Waals surface area contributed by atoms with Crippen LogP contribution in [0.5, 0.6) is 5.75 Å². The van der Waals surface area contributed by atoms with E-state index in [1.54, 1.807) is 36.4 Å². The molecule has 0 spiro atoms. The maximum Gasteiger partial charge on any atom is 0.273 e. The summed E-state index contributed by atoms with van der Waals surface area (Å²) in [7, 11) is 0. The van der Waals surface area contributed by atoms with Gasteiger partial charge in [-0.15, -0.1) is 0 Å². The topological polar surface area (TPSA) is 90.5 Å². The summed E-state index contributed by atoms with van der Waals surface area (Å²) in [5, 5.41) is 12.3. The molecule has 0 saturated heterocycles. The lowest BCUT2D eigenvalue weighted by Crippen LogP contribution is -2.35. The molecule has 0 aliphatic carbocycles. The number of phenolic OH excluding ortho intramolecular Hbond substituents is 1. The number of hydrazine groups is 1. The molecule has 6 nitrogen and oxygen atoms in total. The molecule has 118 valence electrons. The molecule has 2 rings (SSSR count). The van der Waals surface area contributed by atoms with E-state index in [2.05, 4.69) is 22.7 Å². The zero-order chi connectivity index (χ0) is 16.8. The molecule has 0 saturated carbocycles. The van der Waals surface area contributed by atoms with Crippen molar-refractivity contribution in [3.63, 3.8) is 0 Å². The maximum atomic E-state index is 12.0. The third-order valence-corrected chi connectivity index (χ3v) is 3.03. The van der Waals surface area contributed by atoms with Crippen molar-refractivity contribution >= 4 is 23.2 Å². The van der Waals surface area contributed by atoms with Crippen LogP contribution in [0.1, 0.15) is 22.8 Å². The molecule has 4 N–H and O–H groups in total. The van der Waals surface area contributed by atoms with E-state index in [-0.39, 0.29) is 17.2 Å². The highest BCUT2D eigenvalue weighted by Gasteiger charge is 2.10. The average Bonchev–Trinajstić information content (AvgIpc) is 2.53. The van der Waals surface area contributed by atoms with Gasteiger partial charge in [-0.3, -0.25) is 20.4 Å². The van der Waals surface area contributed by atoms with Gasteiger partial charge < -0.3 is 10.4 Å². The Kier molecular flexibility index (Phi) is 4.99. The first kappa shape index (κ1) is 16.1. The second-order valence-electron chi connectivity index (χ2n) is 4.83. The number of anilines is 1. The lowest BCUT2D eigenvalue weighted by Gasteiger charge is -2.12. The van der Waals surface area contributed by atoms with Crippen molar-refractivity contribution in [1.82, 2.24) is 10.9 Å². The first-order chi connectivity index (χ1) is 11.0. The Labute approximate surface area is 133 Å². The van der Waals surface area contributed by atoms with Gasteiger partial charge in [-0.2, -0.15) is 0 Å². The quantitative estimate of drug-likeness (QED) is 0.638. The highest BCUT2D eigenvalue weighted by Crippen LogP contribution is 2.16. The number of nitrogens with one attached hydrogen (secondary N) is 3. The fourth-order valence-electron chi connectivity index (χ4n) is 1.90. The number of benzene rings is 2. The molecular weight excluding hydrogens is 294 g/mol. The molecule has 2 aromatic carbocycles. The van der Waals surface area contributed by atoms with Crippen molar-refractivity contribution in [2.24, 2.45) is 0 Å². The summed E-state index contributed by atoms with van der Waals surface area (Å²) < 4.78 is 0. The molecule has 0 bridgehead atoms. The fourth-order valence-corrected chi connectivity index (χ4v) is 1.90. The standard InChI is InChI=1S/C17H17N3O3/c1-11(13-7-9-14(10-8-13)18-12(2)21)19-20-17(23)15-5-3-4-6-16(15)22/h3-10,19,22H,1H2,2H3,(H,18,21)(H,20,23). The van der Waals surface area contributed by atoms with Crippen molar-refractivity contribution in [2.45, 2.75) is 6.92 Å². The van der Waals surface area contributed by atoms with Gasteiger partial charge in [-0.1, -0.05) is 30.8 Å². The van der Waals surface area contributed by atoms with Crippen LogP contribution in [-0.4, -0.2) is 16.9 Å². The summed E-state index contributed by atoms with van der Waals surface area (Å²) >= 11 is 0. The molecule has 23 heavy (non-hydrogen) atoms. The number of hydrogen-bond acceptors (Lipinski definition) is 4. The minimum Gasteiger partial charge on any atom is -0.507 e. The summed E-state index contributed by atoms with van der Waals surface area (Å²) in [5.41, 5.74) is 7.22. The number of aromatic hydroxyl groups is 1. The largest absolute Gasteiger partial charge is 0.507 e. The third kappa shape index (κ3) is 4.34. The Morgan fingerprint density at radius 3 is 2.26 bits per heavy atom. The Morgan fingerprint density at radius 1 is 1.00 bits per heavy atom. The van der Waals surface area contributed by atoms with Crippen LogP contribution in [-0.2, 0) is 4.79 Å². The number of carbonyl (C=O) groups excluding carboxylic acids is 2. The van der Waals surface area contributed by atoms with Crippen molar-refractivity contribution in [1.29, 1.82) is 0 Å². The van der Waals surface area contributed by atoms with Gasteiger partial charge in [0.2, 0.25) is 5.91 Å². The van der Waals surface area contributed by atoms with Crippen LogP contribution in [0.25, 0.3) is 5.70 Å². The smallest absolute Gasteiger partial charge is 0.273 e. The molecule has 2 amide bonds. The van der Waals surface area contributed by atoms with Gasteiger partial charge in [0.05, 0.1) is 11.3 Å². The highest BCUT2D eigenvalue weighted by molar-refractivity contribution is 5.96. The van der Waals surface area contributed by atoms with Crippen molar-refractivity contribution < 1.29 is 14.7 Å². The van der Waals surface area contributed by atoms with Gasteiger partial charge >= 0.3 is 0 Å². The van der Waals surface area contributed by atoms with E-state index in [9.17, 15) is 14.7 Å². The Hall–Kier alpha value is -3.28. The van der Waals surface area contributed by atoms with Crippen LogP contribution >= 0.6 is 0 Å². The zero-order valence-corrected chi connectivity index (χ0v) is 12.6. The Balaban J connectivity index is 1.95. The van der Waals surface area contributed by atoms with E-state index >= 15 is 0 Å². The minimum absolute atomic E-state index is 0.0999. The number of hydrogen-bond donors (Lipinski definition) is 4. The molecule has 2 aromatic rings. The predicted octanol–water partition coefficient (Wildman–Crippen LogP) is 2.26. The predicted molar refractivity (Wildman–Crippen MR) is 88.5 cm³/mol. The monoisotopic (exact) mass is 311 g/mol. The molecule has 0 unspecified atom stereocenters. The molecule has 0 fully saturated rings. The van der Waals surface area contributed by atoms with Crippen molar-refractivity contribution in [2.75, 3.05) is 5.32 Å². The number of para-hydroxylation sites is 1. The molecule has 0 heterocycles. The van der Waals surface area contributed by atoms with Crippen molar-refractivity contribution in [3.05, 3.63) is 66.2 Å². The van der Waals surface area contributed by atoms with Crippen LogP contribution in [0.2, 0.25) is 0 Å². The normalized spacial score (nSPS) is 9.78. The summed E-state index contributed by atoms with van der Waals surface area (Å²) in [5.74, 6) is -0.721. The number of amides is 2. The highest BCUT2D eigenvalue weighted by atomic mass is 16.3. The summed E-state index contributed by atoms with van der Waals surface area (Å²) in [6.45, 7) is 5.26. The average molecular weight is 311 g/mol. The van der Waals surface area contributed by atoms with Crippen LogP contribution in [0.15, 0.2) is 55.1 Å². The van der Waals surface area contributed by atoms with Gasteiger partial charge in [-0.25, -0.2) is 0 Å². The van der Waals surface area contributed by atoms with Gasteiger partial charge in [-0.05, 0) is 29.8 Å². The van der Waals surface area contributed by atoms with E-state index in [0.29, 0.717) is 11.4 Å². The van der Waals surface area contributed by atoms with Gasteiger partial charge in [0, 0.05) is 12.6 Å². The summed E-state index contributed by atoms with van der Waals surface area (Å²) in [6.07, 6.45) is 0.